The van der Waals surface area contributed by atoms with Gasteiger partial charge in [-0.25, -0.2) is 9.18 Å². The Balaban J connectivity index is 1.37. The van der Waals surface area contributed by atoms with Crippen molar-refractivity contribution in [3.63, 3.8) is 0 Å². The summed E-state index contributed by atoms with van der Waals surface area (Å²) in [5, 5.41) is 1.11. The van der Waals surface area contributed by atoms with E-state index in [1.54, 1.807) is 39.1 Å². The summed E-state index contributed by atoms with van der Waals surface area (Å²) >= 11 is 12.3. The number of benzene rings is 1. The van der Waals surface area contributed by atoms with E-state index in [9.17, 15) is 9.18 Å². The highest BCUT2D eigenvalue weighted by molar-refractivity contribution is 6.34. The minimum atomic E-state index is -0.681. The van der Waals surface area contributed by atoms with E-state index >= 15 is 0 Å². The highest BCUT2D eigenvalue weighted by Crippen LogP contribution is 2.45. The zero-order valence-corrected chi connectivity index (χ0v) is 22.3. The monoisotopic (exact) mass is 522 g/mol. The van der Waals surface area contributed by atoms with Crippen LogP contribution in [-0.2, 0) is 4.74 Å². The van der Waals surface area contributed by atoms with Gasteiger partial charge in [0.2, 0.25) is 0 Å². The Kier molecular flexibility index (Phi) is 7.94. The summed E-state index contributed by atoms with van der Waals surface area (Å²) in [6, 6.07) is 4.81. The molecule has 1 aliphatic carbocycles. The van der Waals surface area contributed by atoms with Gasteiger partial charge in [-0.3, -0.25) is 9.88 Å². The van der Waals surface area contributed by atoms with Gasteiger partial charge in [0.25, 0.3) is 0 Å². The van der Waals surface area contributed by atoms with Crippen LogP contribution < -0.4 is 4.74 Å². The van der Waals surface area contributed by atoms with Gasteiger partial charge in [0.05, 0.1) is 34.0 Å². The Bertz CT molecular complexity index is 1080. The second-order valence-electron chi connectivity index (χ2n) is 10.6. The number of esters is 1. The van der Waals surface area contributed by atoms with Gasteiger partial charge in [0.15, 0.2) is 0 Å². The maximum Gasteiger partial charge on any atom is 0.341 e. The number of carbonyl (C=O) groups is 1. The van der Waals surface area contributed by atoms with Gasteiger partial charge >= 0.3 is 5.97 Å². The highest BCUT2D eigenvalue weighted by atomic mass is 35.5. The van der Waals surface area contributed by atoms with Crippen LogP contribution >= 0.6 is 23.2 Å². The van der Waals surface area contributed by atoms with E-state index in [0.29, 0.717) is 34.2 Å². The molecule has 1 aromatic carbocycles. The molecule has 4 rings (SSSR count). The predicted molar refractivity (Wildman–Crippen MR) is 136 cm³/mol. The fraction of sp³-hybridized carbons (Fsp3) is 0.556. The number of ether oxygens (including phenoxy) is 2. The van der Waals surface area contributed by atoms with Crippen LogP contribution in [0.1, 0.15) is 87.0 Å². The van der Waals surface area contributed by atoms with E-state index in [-0.39, 0.29) is 11.6 Å². The van der Waals surface area contributed by atoms with Gasteiger partial charge in [-0.1, -0.05) is 23.2 Å². The first kappa shape index (κ1) is 26.2. The normalized spacial score (nSPS) is 18.4. The molecule has 2 aliphatic rings. The molecule has 0 radical (unpaired) electrons. The zero-order valence-electron chi connectivity index (χ0n) is 20.7. The number of carbonyl (C=O) groups excluding carboxylic acids is 1. The smallest absolute Gasteiger partial charge is 0.341 e. The summed E-state index contributed by atoms with van der Waals surface area (Å²) in [7, 11) is 0. The minimum absolute atomic E-state index is 0.0223. The van der Waals surface area contributed by atoms with Crippen molar-refractivity contribution in [1.29, 1.82) is 0 Å². The Morgan fingerprint density at radius 3 is 2.46 bits per heavy atom. The minimum Gasteiger partial charge on any atom is -0.493 e. The summed E-state index contributed by atoms with van der Waals surface area (Å²) in [5.41, 5.74) is 1.04. The van der Waals surface area contributed by atoms with Crippen molar-refractivity contribution < 1.29 is 18.7 Å². The van der Waals surface area contributed by atoms with Crippen LogP contribution in [-0.4, -0.2) is 41.2 Å². The quantitative estimate of drug-likeness (QED) is 0.359. The van der Waals surface area contributed by atoms with Crippen molar-refractivity contribution >= 4 is 29.2 Å². The number of nitrogens with zero attached hydrogens (tertiary/aromatic N) is 2. The van der Waals surface area contributed by atoms with Gasteiger partial charge < -0.3 is 9.47 Å². The van der Waals surface area contributed by atoms with Crippen LogP contribution in [0.5, 0.6) is 5.75 Å². The third kappa shape index (κ3) is 6.66. The predicted octanol–water partition coefficient (Wildman–Crippen LogP) is 7.21. The first-order valence-corrected chi connectivity index (χ1v) is 13.0. The average molecular weight is 523 g/mol. The fourth-order valence-corrected chi connectivity index (χ4v) is 5.06. The molecule has 2 aromatic rings. The van der Waals surface area contributed by atoms with Gasteiger partial charge in [-0.05, 0) is 96.0 Å². The SMILES string of the molecule is CC(c1ncc(Cl)cc1Cl)N1CCC(COc2cc(F)c(C(=O)OC(C)(C)C)cc2C2CC2)CC1. The van der Waals surface area contributed by atoms with Gasteiger partial charge in [0, 0.05) is 12.3 Å². The van der Waals surface area contributed by atoms with Crippen LogP contribution in [0.25, 0.3) is 0 Å². The molecule has 0 spiro atoms. The molecule has 0 N–H and O–H groups in total. The lowest BCUT2D eigenvalue weighted by Gasteiger charge is -2.36. The average Bonchev–Trinajstić information content (AvgIpc) is 3.62. The number of rotatable bonds is 7. The molecule has 1 saturated carbocycles. The maximum atomic E-state index is 14.9. The Morgan fingerprint density at radius 2 is 1.86 bits per heavy atom. The summed E-state index contributed by atoms with van der Waals surface area (Å²) in [5.74, 6) is -0.0148. The molecule has 5 nitrogen and oxygen atoms in total. The molecule has 0 bridgehead atoms. The van der Waals surface area contributed by atoms with Crippen LogP contribution in [0, 0.1) is 11.7 Å². The lowest BCUT2D eigenvalue weighted by atomic mass is 9.96. The Morgan fingerprint density at radius 1 is 1.17 bits per heavy atom. The van der Waals surface area contributed by atoms with E-state index in [1.807, 2.05) is 0 Å². The van der Waals surface area contributed by atoms with Crippen molar-refractivity contribution in [2.24, 2.45) is 5.92 Å². The maximum absolute atomic E-state index is 14.9. The van der Waals surface area contributed by atoms with Crippen molar-refractivity contribution in [2.45, 2.75) is 70.9 Å². The summed E-state index contributed by atoms with van der Waals surface area (Å²) in [4.78, 5) is 19.3. The number of hydrogen-bond donors (Lipinski definition) is 0. The second-order valence-corrected chi connectivity index (χ2v) is 11.5. The molecule has 190 valence electrons. The number of likely N-dealkylation sites (tertiary alicyclic amines) is 1. The molecule has 1 atom stereocenters. The summed E-state index contributed by atoms with van der Waals surface area (Å²) < 4.78 is 26.4. The van der Waals surface area contributed by atoms with E-state index in [0.717, 1.165) is 50.0 Å². The zero-order chi connectivity index (χ0) is 25.3. The third-order valence-corrected chi connectivity index (χ3v) is 7.15. The molecule has 1 aromatic heterocycles. The van der Waals surface area contributed by atoms with Gasteiger partial charge in [-0.2, -0.15) is 0 Å². The standard InChI is InChI=1S/C27H33Cl2FN2O3/c1-16(25-22(29)11-19(28)14-31-25)32-9-7-17(8-10-32)15-34-24-13-23(30)21(12-20(24)18-5-6-18)26(33)35-27(2,3)4/h11-14,16-18H,5-10,15H2,1-4H3. The van der Waals surface area contributed by atoms with Crippen molar-refractivity contribution in [3.05, 3.63) is 57.1 Å². The second kappa shape index (κ2) is 10.6. The fourth-order valence-electron chi connectivity index (χ4n) is 4.52. The lowest BCUT2D eigenvalue weighted by Crippen LogP contribution is -2.37. The van der Waals surface area contributed by atoms with Crippen molar-refractivity contribution in [1.82, 2.24) is 9.88 Å². The van der Waals surface area contributed by atoms with E-state index < -0.39 is 17.4 Å². The number of hydrogen-bond acceptors (Lipinski definition) is 5. The molecule has 0 amide bonds. The number of halogens is 3. The molecular weight excluding hydrogens is 490 g/mol. The molecule has 2 fully saturated rings. The molecule has 1 unspecified atom stereocenters. The van der Waals surface area contributed by atoms with Crippen LogP contribution in [0.15, 0.2) is 24.4 Å². The largest absolute Gasteiger partial charge is 0.493 e. The molecule has 1 saturated heterocycles. The van der Waals surface area contributed by atoms with Crippen molar-refractivity contribution in [2.75, 3.05) is 19.7 Å². The number of piperidine rings is 1. The van der Waals surface area contributed by atoms with E-state index in [2.05, 4.69) is 16.8 Å². The van der Waals surface area contributed by atoms with Crippen molar-refractivity contribution in [3.8, 4) is 5.75 Å². The molecule has 1 aliphatic heterocycles. The van der Waals surface area contributed by atoms with E-state index in [4.69, 9.17) is 32.7 Å². The first-order valence-electron chi connectivity index (χ1n) is 12.3. The summed E-state index contributed by atoms with van der Waals surface area (Å²) in [6.45, 7) is 9.75. The van der Waals surface area contributed by atoms with Crippen LogP contribution in [0.4, 0.5) is 4.39 Å². The lowest BCUT2D eigenvalue weighted by molar-refractivity contribution is 0.00645. The number of aromatic nitrogens is 1. The van der Waals surface area contributed by atoms with Crippen LogP contribution in [0.3, 0.4) is 0 Å². The van der Waals surface area contributed by atoms with Crippen LogP contribution in [0.2, 0.25) is 10.0 Å². The third-order valence-electron chi connectivity index (χ3n) is 6.64. The van der Waals surface area contributed by atoms with Gasteiger partial charge in [0.1, 0.15) is 17.2 Å². The molecule has 2 heterocycles. The van der Waals surface area contributed by atoms with Gasteiger partial charge in [-0.15, -0.1) is 0 Å². The molecule has 8 heteroatoms. The molecule has 35 heavy (non-hydrogen) atoms. The first-order chi connectivity index (χ1) is 16.5. The highest BCUT2D eigenvalue weighted by Gasteiger charge is 2.31. The number of pyridine rings is 1. The molecular formula is C27H33Cl2FN2O3. The Labute approximate surface area is 216 Å². The van der Waals surface area contributed by atoms with E-state index in [1.165, 1.54) is 6.07 Å². The summed E-state index contributed by atoms with van der Waals surface area (Å²) in [6.07, 6.45) is 5.60. The Hall–Kier alpha value is -1.89. The topological polar surface area (TPSA) is 51.7 Å².